The molecular formula is C11H15N3O3. The Morgan fingerprint density at radius 3 is 2.71 bits per heavy atom. The van der Waals surface area contributed by atoms with E-state index in [9.17, 15) is 14.9 Å². The summed E-state index contributed by atoms with van der Waals surface area (Å²) in [4.78, 5) is 21.3. The van der Waals surface area contributed by atoms with E-state index >= 15 is 0 Å². The van der Waals surface area contributed by atoms with Crippen LogP contribution in [0.15, 0.2) is 18.2 Å². The lowest BCUT2D eigenvalue weighted by Gasteiger charge is -2.08. The van der Waals surface area contributed by atoms with E-state index in [0.29, 0.717) is 6.54 Å². The number of rotatable bonds is 5. The standard InChI is InChI=1S/C11H15N3O3/c1-3-12-11(15)7-13-10-5-4-9(14(16)17)6-8(10)2/h4-6,13H,3,7H2,1-2H3,(H,12,15). The predicted octanol–water partition coefficient (Wildman–Crippen LogP) is 1.45. The number of hydrogen-bond donors (Lipinski definition) is 2. The summed E-state index contributed by atoms with van der Waals surface area (Å²) in [6, 6.07) is 4.49. The zero-order valence-electron chi connectivity index (χ0n) is 9.82. The highest BCUT2D eigenvalue weighted by molar-refractivity contribution is 5.80. The molecule has 1 aromatic carbocycles. The van der Waals surface area contributed by atoms with Gasteiger partial charge in [-0.3, -0.25) is 14.9 Å². The molecule has 0 aliphatic carbocycles. The van der Waals surface area contributed by atoms with Crippen molar-refractivity contribution < 1.29 is 9.72 Å². The Hall–Kier alpha value is -2.11. The molecule has 0 heterocycles. The summed E-state index contributed by atoms with van der Waals surface area (Å²) in [5.74, 6) is -0.106. The molecule has 6 heteroatoms. The highest BCUT2D eigenvalue weighted by Gasteiger charge is 2.08. The zero-order valence-corrected chi connectivity index (χ0v) is 9.82. The topological polar surface area (TPSA) is 84.3 Å². The van der Waals surface area contributed by atoms with Crippen molar-refractivity contribution in [3.8, 4) is 0 Å². The molecule has 0 aliphatic heterocycles. The highest BCUT2D eigenvalue weighted by atomic mass is 16.6. The van der Waals surface area contributed by atoms with E-state index in [4.69, 9.17) is 0 Å². The lowest BCUT2D eigenvalue weighted by atomic mass is 10.2. The number of nitrogens with zero attached hydrogens (tertiary/aromatic N) is 1. The number of aryl methyl sites for hydroxylation is 1. The first-order valence-corrected chi connectivity index (χ1v) is 5.30. The van der Waals surface area contributed by atoms with Crippen LogP contribution in [0.25, 0.3) is 0 Å². The minimum atomic E-state index is -0.444. The molecule has 0 aromatic heterocycles. The minimum absolute atomic E-state index is 0.0473. The molecule has 2 N–H and O–H groups in total. The van der Waals surface area contributed by atoms with Crippen LogP contribution in [0.3, 0.4) is 0 Å². The molecular weight excluding hydrogens is 222 g/mol. The van der Waals surface area contributed by atoms with Crippen molar-refractivity contribution in [3.05, 3.63) is 33.9 Å². The third kappa shape index (κ3) is 3.75. The fraction of sp³-hybridized carbons (Fsp3) is 0.364. The summed E-state index contributed by atoms with van der Waals surface area (Å²) >= 11 is 0. The van der Waals surface area contributed by atoms with Crippen LogP contribution in [-0.2, 0) is 4.79 Å². The maximum absolute atomic E-state index is 11.2. The lowest BCUT2D eigenvalue weighted by Crippen LogP contribution is -2.29. The van der Waals surface area contributed by atoms with E-state index in [-0.39, 0.29) is 18.1 Å². The second kappa shape index (κ2) is 5.83. The van der Waals surface area contributed by atoms with Crippen LogP contribution in [-0.4, -0.2) is 23.9 Å². The van der Waals surface area contributed by atoms with E-state index < -0.39 is 4.92 Å². The normalized spacial score (nSPS) is 9.76. The van der Waals surface area contributed by atoms with Crippen molar-refractivity contribution >= 4 is 17.3 Å². The zero-order chi connectivity index (χ0) is 12.8. The molecule has 0 atom stereocenters. The number of hydrogen-bond acceptors (Lipinski definition) is 4. The summed E-state index contributed by atoms with van der Waals surface area (Å²) in [6.07, 6.45) is 0. The number of nitro benzene ring substituents is 1. The fourth-order valence-corrected chi connectivity index (χ4v) is 1.39. The third-order valence-electron chi connectivity index (χ3n) is 2.23. The molecule has 6 nitrogen and oxygen atoms in total. The third-order valence-corrected chi connectivity index (χ3v) is 2.23. The number of carbonyl (C=O) groups is 1. The van der Waals surface area contributed by atoms with Crippen LogP contribution < -0.4 is 10.6 Å². The van der Waals surface area contributed by atoms with Gasteiger partial charge in [-0.15, -0.1) is 0 Å². The van der Waals surface area contributed by atoms with Crippen LogP contribution in [0, 0.1) is 17.0 Å². The Morgan fingerprint density at radius 1 is 1.47 bits per heavy atom. The Morgan fingerprint density at radius 2 is 2.18 bits per heavy atom. The molecule has 17 heavy (non-hydrogen) atoms. The van der Waals surface area contributed by atoms with Crippen molar-refractivity contribution in [1.82, 2.24) is 5.32 Å². The number of nitrogens with one attached hydrogen (secondary N) is 2. The second-order valence-electron chi connectivity index (χ2n) is 3.56. The molecule has 0 fully saturated rings. The van der Waals surface area contributed by atoms with Gasteiger partial charge < -0.3 is 10.6 Å². The molecule has 1 amide bonds. The van der Waals surface area contributed by atoms with Crippen LogP contribution in [0.2, 0.25) is 0 Å². The maximum atomic E-state index is 11.2. The number of likely N-dealkylation sites (N-methyl/N-ethyl adjacent to an activating group) is 1. The Bertz CT molecular complexity index is 432. The Kier molecular flexibility index (Phi) is 4.45. The van der Waals surface area contributed by atoms with Gasteiger partial charge in [0, 0.05) is 24.4 Å². The number of nitro groups is 1. The molecule has 0 saturated heterocycles. The largest absolute Gasteiger partial charge is 0.376 e. The molecule has 0 spiro atoms. The molecule has 0 saturated carbocycles. The monoisotopic (exact) mass is 237 g/mol. The molecule has 0 unspecified atom stereocenters. The van der Waals surface area contributed by atoms with E-state index in [1.165, 1.54) is 12.1 Å². The minimum Gasteiger partial charge on any atom is -0.376 e. The summed E-state index contributed by atoms with van der Waals surface area (Å²) in [5.41, 5.74) is 1.51. The van der Waals surface area contributed by atoms with Gasteiger partial charge in [-0.25, -0.2) is 0 Å². The van der Waals surface area contributed by atoms with Gasteiger partial charge in [0.2, 0.25) is 5.91 Å². The van der Waals surface area contributed by atoms with Crippen molar-refractivity contribution in [2.45, 2.75) is 13.8 Å². The molecule has 1 aromatic rings. The van der Waals surface area contributed by atoms with Gasteiger partial charge in [0.25, 0.3) is 5.69 Å². The Labute approximate surface area is 99.2 Å². The number of amides is 1. The van der Waals surface area contributed by atoms with Gasteiger partial charge in [0.1, 0.15) is 0 Å². The summed E-state index contributed by atoms with van der Waals surface area (Å²) in [6.45, 7) is 4.34. The van der Waals surface area contributed by atoms with Crippen LogP contribution in [0.1, 0.15) is 12.5 Å². The van der Waals surface area contributed by atoms with Gasteiger partial charge in [-0.05, 0) is 25.5 Å². The number of benzene rings is 1. The van der Waals surface area contributed by atoms with Crippen LogP contribution >= 0.6 is 0 Å². The van der Waals surface area contributed by atoms with Crippen molar-refractivity contribution in [2.24, 2.45) is 0 Å². The predicted molar refractivity (Wildman–Crippen MR) is 65.0 cm³/mol. The number of carbonyl (C=O) groups excluding carboxylic acids is 1. The van der Waals surface area contributed by atoms with Gasteiger partial charge in [0.15, 0.2) is 0 Å². The SMILES string of the molecule is CCNC(=O)CNc1ccc([N+](=O)[O-])cc1C. The second-order valence-corrected chi connectivity index (χ2v) is 3.56. The Balaban J connectivity index is 2.66. The average molecular weight is 237 g/mol. The maximum Gasteiger partial charge on any atom is 0.269 e. The fourth-order valence-electron chi connectivity index (χ4n) is 1.39. The first-order valence-electron chi connectivity index (χ1n) is 5.30. The van der Waals surface area contributed by atoms with Crippen LogP contribution in [0.5, 0.6) is 0 Å². The van der Waals surface area contributed by atoms with Gasteiger partial charge in [-0.1, -0.05) is 0 Å². The first-order chi connectivity index (χ1) is 8.04. The molecule has 92 valence electrons. The van der Waals surface area contributed by atoms with E-state index in [2.05, 4.69) is 10.6 Å². The first kappa shape index (κ1) is 13.0. The van der Waals surface area contributed by atoms with Crippen molar-refractivity contribution in [1.29, 1.82) is 0 Å². The van der Waals surface area contributed by atoms with E-state index in [0.717, 1.165) is 11.3 Å². The molecule has 0 bridgehead atoms. The average Bonchev–Trinajstić information content (AvgIpc) is 2.27. The van der Waals surface area contributed by atoms with Crippen molar-refractivity contribution in [3.63, 3.8) is 0 Å². The number of non-ortho nitro benzene ring substituents is 1. The van der Waals surface area contributed by atoms with Crippen molar-refractivity contribution in [2.75, 3.05) is 18.4 Å². The van der Waals surface area contributed by atoms with Gasteiger partial charge in [-0.2, -0.15) is 0 Å². The quantitative estimate of drug-likeness (QED) is 0.599. The summed E-state index contributed by atoms with van der Waals surface area (Å²) in [5, 5.41) is 16.1. The molecule has 0 radical (unpaired) electrons. The van der Waals surface area contributed by atoms with E-state index in [1.54, 1.807) is 13.0 Å². The lowest BCUT2D eigenvalue weighted by molar-refractivity contribution is -0.384. The highest BCUT2D eigenvalue weighted by Crippen LogP contribution is 2.20. The summed E-state index contributed by atoms with van der Waals surface area (Å²) in [7, 11) is 0. The number of anilines is 1. The van der Waals surface area contributed by atoms with Gasteiger partial charge >= 0.3 is 0 Å². The summed E-state index contributed by atoms with van der Waals surface area (Å²) < 4.78 is 0. The van der Waals surface area contributed by atoms with Gasteiger partial charge in [0.05, 0.1) is 11.5 Å². The van der Waals surface area contributed by atoms with E-state index in [1.807, 2.05) is 6.92 Å². The molecule has 1 rings (SSSR count). The molecule has 0 aliphatic rings. The smallest absolute Gasteiger partial charge is 0.269 e. The van der Waals surface area contributed by atoms with Crippen LogP contribution in [0.4, 0.5) is 11.4 Å².